The molecule has 4 heteroatoms. The van der Waals surface area contributed by atoms with Crippen molar-refractivity contribution in [2.45, 2.75) is 18.9 Å². The van der Waals surface area contributed by atoms with E-state index in [1.54, 1.807) is 0 Å². The molecule has 0 N–H and O–H groups in total. The summed E-state index contributed by atoms with van der Waals surface area (Å²) in [5.74, 6) is -0.133. The van der Waals surface area contributed by atoms with E-state index in [0.29, 0.717) is 19.6 Å². The van der Waals surface area contributed by atoms with E-state index in [0.717, 1.165) is 10.8 Å². The molecular weight excluding hydrogens is 259 g/mol. The number of ether oxygens (including phenoxy) is 2. The molecule has 0 aliphatic carbocycles. The number of hydrogen-bond donors (Lipinski definition) is 0. The summed E-state index contributed by atoms with van der Waals surface area (Å²) in [6.07, 6.45) is 1.28. The van der Waals surface area contributed by atoms with Crippen molar-refractivity contribution in [1.82, 2.24) is 0 Å². The molecule has 0 amide bonds. The lowest BCUT2D eigenvalue weighted by Crippen LogP contribution is -2.25. The number of carbonyl (C=O) groups is 1. The fourth-order valence-corrected chi connectivity index (χ4v) is 1.50. The van der Waals surface area contributed by atoms with Crippen LogP contribution < -0.4 is 0 Å². The molecule has 1 heterocycles. The molecule has 1 atom stereocenters. The lowest BCUT2D eigenvalue weighted by Gasteiger charge is -2.18. The average Bonchev–Trinajstić information content (AvgIpc) is 1.96. The second kappa shape index (κ2) is 4.92. The smallest absolute Gasteiger partial charge is 0.308 e. The van der Waals surface area contributed by atoms with Crippen LogP contribution in [-0.2, 0) is 14.3 Å². The number of cyclic esters (lactones) is 1. The number of rotatable bonds is 1. The first-order chi connectivity index (χ1) is 5.33. The maximum Gasteiger partial charge on any atom is 0.308 e. The summed E-state index contributed by atoms with van der Waals surface area (Å²) >= 11 is 2.21. The third-order valence-corrected chi connectivity index (χ3v) is 2.49. The van der Waals surface area contributed by atoms with Crippen molar-refractivity contribution in [3.05, 3.63) is 0 Å². The fraction of sp³-hybridized carbons (Fsp3) is 0.857. The summed E-state index contributed by atoms with van der Waals surface area (Å²) in [6.45, 7) is 1.22. The lowest BCUT2D eigenvalue weighted by molar-refractivity contribution is -0.152. The Kier molecular flexibility index (Phi) is 4.14. The Morgan fingerprint density at radius 1 is 1.55 bits per heavy atom. The Morgan fingerprint density at radius 2 is 2.36 bits per heavy atom. The molecule has 1 rings (SSSR count). The second-order valence-corrected chi connectivity index (χ2v) is 3.30. The Morgan fingerprint density at radius 3 is 3.09 bits per heavy atom. The van der Waals surface area contributed by atoms with E-state index < -0.39 is 0 Å². The minimum Gasteiger partial charge on any atom is -0.461 e. The van der Waals surface area contributed by atoms with Gasteiger partial charge in [0.25, 0.3) is 0 Å². The molecule has 0 radical (unpaired) electrons. The topological polar surface area (TPSA) is 35.5 Å². The van der Waals surface area contributed by atoms with Gasteiger partial charge in [0.15, 0.2) is 0 Å². The first-order valence-electron chi connectivity index (χ1n) is 3.66. The van der Waals surface area contributed by atoms with E-state index in [1.165, 1.54) is 0 Å². The van der Waals surface area contributed by atoms with Gasteiger partial charge < -0.3 is 9.47 Å². The van der Waals surface area contributed by atoms with E-state index >= 15 is 0 Å². The van der Waals surface area contributed by atoms with Crippen molar-refractivity contribution < 1.29 is 14.3 Å². The third-order valence-electron chi connectivity index (χ3n) is 1.50. The molecule has 64 valence electrons. The van der Waals surface area contributed by atoms with Crippen LogP contribution in [0.5, 0.6) is 0 Å². The van der Waals surface area contributed by atoms with Crippen molar-refractivity contribution in [1.29, 1.82) is 0 Å². The van der Waals surface area contributed by atoms with Gasteiger partial charge in [-0.05, 0) is 0 Å². The van der Waals surface area contributed by atoms with E-state index in [1.807, 2.05) is 0 Å². The molecule has 0 aromatic rings. The largest absolute Gasteiger partial charge is 0.461 e. The molecule has 1 fully saturated rings. The Balaban J connectivity index is 2.35. The van der Waals surface area contributed by atoms with Crippen LogP contribution in [-0.4, -0.2) is 29.7 Å². The molecule has 11 heavy (non-hydrogen) atoms. The minimum absolute atomic E-state index is 0.0587. The van der Waals surface area contributed by atoms with Crippen molar-refractivity contribution >= 4 is 28.6 Å². The molecule has 1 unspecified atom stereocenters. The van der Waals surface area contributed by atoms with E-state index in [2.05, 4.69) is 22.6 Å². The van der Waals surface area contributed by atoms with Crippen LogP contribution in [0.1, 0.15) is 12.8 Å². The Hall–Kier alpha value is 0.160. The predicted octanol–water partition coefficient (Wildman–Crippen LogP) is 1.14. The first-order valence-corrected chi connectivity index (χ1v) is 5.18. The highest BCUT2D eigenvalue weighted by atomic mass is 127. The normalized spacial score (nSPS) is 27.0. The van der Waals surface area contributed by atoms with Crippen LogP contribution in [0.2, 0.25) is 0 Å². The third kappa shape index (κ3) is 3.37. The van der Waals surface area contributed by atoms with Gasteiger partial charge in [-0.2, -0.15) is 0 Å². The number of halogens is 1. The summed E-state index contributed by atoms with van der Waals surface area (Å²) in [6, 6.07) is 0. The minimum atomic E-state index is -0.133. The Bertz CT molecular complexity index is 138. The summed E-state index contributed by atoms with van der Waals surface area (Å²) in [5.41, 5.74) is 0. The molecular formula is C7H11IO3. The van der Waals surface area contributed by atoms with Gasteiger partial charge in [0.1, 0.15) is 6.10 Å². The maximum absolute atomic E-state index is 10.9. The van der Waals surface area contributed by atoms with Crippen LogP contribution in [0, 0.1) is 0 Å². The fourth-order valence-electron chi connectivity index (χ4n) is 0.885. The molecule has 3 nitrogen and oxygen atoms in total. The van der Waals surface area contributed by atoms with Crippen molar-refractivity contribution in [3.8, 4) is 0 Å². The van der Waals surface area contributed by atoms with Crippen molar-refractivity contribution in [3.63, 3.8) is 0 Å². The summed E-state index contributed by atoms with van der Waals surface area (Å²) < 4.78 is 11.1. The van der Waals surface area contributed by atoms with E-state index in [4.69, 9.17) is 9.47 Å². The number of esters is 1. The Labute approximate surface area is 79.6 Å². The average molecular weight is 270 g/mol. The molecule has 0 aromatic heterocycles. The molecule has 0 spiro atoms. The van der Waals surface area contributed by atoms with Gasteiger partial charge in [-0.25, -0.2) is 0 Å². The zero-order valence-corrected chi connectivity index (χ0v) is 8.37. The van der Waals surface area contributed by atoms with Gasteiger partial charge in [0.05, 0.1) is 19.6 Å². The van der Waals surface area contributed by atoms with Crippen LogP contribution in [0.3, 0.4) is 0 Å². The zero-order valence-electron chi connectivity index (χ0n) is 6.22. The predicted molar refractivity (Wildman–Crippen MR) is 48.8 cm³/mol. The molecule has 1 saturated heterocycles. The van der Waals surface area contributed by atoms with Gasteiger partial charge in [-0.3, -0.25) is 4.79 Å². The van der Waals surface area contributed by atoms with E-state index in [-0.39, 0.29) is 12.1 Å². The van der Waals surface area contributed by atoms with Crippen LogP contribution >= 0.6 is 22.6 Å². The van der Waals surface area contributed by atoms with Gasteiger partial charge in [0.2, 0.25) is 0 Å². The maximum atomic E-state index is 10.9. The van der Waals surface area contributed by atoms with Crippen LogP contribution in [0.4, 0.5) is 0 Å². The van der Waals surface area contributed by atoms with Crippen LogP contribution in [0.25, 0.3) is 0 Å². The number of hydrogen-bond acceptors (Lipinski definition) is 3. The molecule has 1 aliphatic heterocycles. The van der Waals surface area contributed by atoms with Gasteiger partial charge in [0, 0.05) is 10.8 Å². The van der Waals surface area contributed by atoms with Crippen molar-refractivity contribution in [2.75, 3.05) is 17.6 Å². The SMILES string of the molecule is O=C1CCOCCC(CI)O1. The highest BCUT2D eigenvalue weighted by Gasteiger charge is 2.15. The first kappa shape index (κ1) is 9.25. The number of alkyl halides is 1. The summed E-state index contributed by atoms with van der Waals surface area (Å²) in [5, 5.41) is 0. The molecule has 0 bridgehead atoms. The van der Waals surface area contributed by atoms with Crippen molar-refractivity contribution in [2.24, 2.45) is 0 Å². The van der Waals surface area contributed by atoms with Gasteiger partial charge >= 0.3 is 5.97 Å². The van der Waals surface area contributed by atoms with Gasteiger partial charge in [-0.1, -0.05) is 22.6 Å². The molecule has 1 aliphatic rings. The summed E-state index contributed by atoms with van der Waals surface area (Å²) in [7, 11) is 0. The zero-order chi connectivity index (χ0) is 8.10. The quantitative estimate of drug-likeness (QED) is 0.407. The standard InChI is InChI=1S/C7H11IO3/c8-5-6-1-3-10-4-2-7(9)11-6/h6H,1-5H2. The highest BCUT2D eigenvalue weighted by molar-refractivity contribution is 14.1. The van der Waals surface area contributed by atoms with E-state index in [9.17, 15) is 4.79 Å². The monoisotopic (exact) mass is 270 g/mol. The molecule has 0 saturated carbocycles. The second-order valence-electron chi connectivity index (χ2n) is 2.42. The van der Waals surface area contributed by atoms with Gasteiger partial charge in [-0.15, -0.1) is 0 Å². The number of carbonyl (C=O) groups excluding carboxylic acids is 1. The lowest BCUT2D eigenvalue weighted by atomic mass is 10.3. The highest BCUT2D eigenvalue weighted by Crippen LogP contribution is 2.08. The van der Waals surface area contributed by atoms with Crippen LogP contribution in [0.15, 0.2) is 0 Å². The summed E-state index contributed by atoms with van der Waals surface area (Å²) in [4.78, 5) is 10.9. The molecule has 0 aromatic carbocycles.